The number of fused-ring (bicyclic) bond motifs is 2. The van der Waals surface area contributed by atoms with Crippen LogP contribution in [0.15, 0.2) is 36.4 Å². The standard InChI is InChI=1S/C22H25ClN6O2S/c1-4-27(5-2)12-13-28(19(30)14-29-17-9-7-6-8-16(17)25-26-29)22-24-20-18(31-3)11-10-15(23)21(20)32-22/h6-11H,4-5,12-14H2,1-3H3. The van der Waals surface area contributed by atoms with Gasteiger partial charge in [-0.15, -0.1) is 5.10 Å². The van der Waals surface area contributed by atoms with Gasteiger partial charge in [-0.25, -0.2) is 9.67 Å². The Morgan fingerprint density at radius 1 is 1.16 bits per heavy atom. The number of rotatable bonds is 9. The van der Waals surface area contributed by atoms with E-state index in [-0.39, 0.29) is 12.5 Å². The molecule has 32 heavy (non-hydrogen) atoms. The molecule has 2 aromatic carbocycles. The number of anilines is 1. The van der Waals surface area contributed by atoms with E-state index in [2.05, 4.69) is 29.1 Å². The van der Waals surface area contributed by atoms with E-state index in [1.165, 1.54) is 11.3 Å². The van der Waals surface area contributed by atoms with E-state index in [9.17, 15) is 4.79 Å². The van der Waals surface area contributed by atoms with Crippen LogP contribution in [-0.4, -0.2) is 64.1 Å². The number of carbonyl (C=O) groups excluding carboxylic acids is 1. The lowest BCUT2D eigenvalue weighted by molar-refractivity contribution is -0.119. The van der Waals surface area contributed by atoms with Crippen molar-refractivity contribution in [3.05, 3.63) is 41.4 Å². The summed E-state index contributed by atoms with van der Waals surface area (Å²) >= 11 is 7.81. The van der Waals surface area contributed by atoms with E-state index in [0.717, 1.165) is 35.4 Å². The zero-order valence-electron chi connectivity index (χ0n) is 18.3. The van der Waals surface area contributed by atoms with Crippen LogP contribution < -0.4 is 9.64 Å². The Balaban J connectivity index is 1.69. The predicted molar refractivity (Wildman–Crippen MR) is 129 cm³/mol. The summed E-state index contributed by atoms with van der Waals surface area (Å²) in [5, 5.41) is 9.51. The highest BCUT2D eigenvalue weighted by molar-refractivity contribution is 7.23. The highest BCUT2D eigenvalue weighted by atomic mass is 35.5. The lowest BCUT2D eigenvalue weighted by Crippen LogP contribution is -2.40. The maximum Gasteiger partial charge on any atom is 0.250 e. The van der Waals surface area contributed by atoms with Gasteiger partial charge in [0.15, 0.2) is 5.13 Å². The number of methoxy groups -OCH3 is 1. The average molecular weight is 473 g/mol. The second-order valence-electron chi connectivity index (χ2n) is 7.23. The molecule has 0 unspecified atom stereocenters. The van der Waals surface area contributed by atoms with Crippen LogP contribution in [-0.2, 0) is 11.3 Å². The average Bonchev–Trinajstić information content (AvgIpc) is 3.43. The number of amides is 1. The van der Waals surface area contributed by atoms with E-state index >= 15 is 0 Å². The van der Waals surface area contributed by atoms with E-state index in [4.69, 9.17) is 21.3 Å². The predicted octanol–water partition coefficient (Wildman–Crippen LogP) is 4.08. The van der Waals surface area contributed by atoms with Gasteiger partial charge in [0.05, 0.1) is 22.3 Å². The zero-order chi connectivity index (χ0) is 22.7. The lowest BCUT2D eigenvalue weighted by Gasteiger charge is -2.24. The summed E-state index contributed by atoms with van der Waals surface area (Å²) in [7, 11) is 1.60. The van der Waals surface area contributed by atoms with Crippen molar-refractivity contribution < 1.29 is 9.53 Å². The summed E-state index contributed by atoms with van der Waals surface area (Å²) < 4.78 is 7.88. The molecule has 0 aliphatic carbocycles. The van der Waals surface area contributed by atoms with Crippen molar-refractivity contribution in [3.8, 4) is 5.75 Å². The topological polar surface area (TPSA) is 76.4 Å². The third-order valence-electron chi connectivity index (χ3n) is 5.44. The van der Waals surface area contributed by atoms with Crippen molar-refractivity contribution in [2.75, 3.05) is 38.2 Å². The number of halogens is 1. The minimum absolute atomic E-state index is 0.0690. The Bertz CT molecular complexity index is 1240. The van der Waals surface area contributed by atoms with E-state index in [1.54, 1.807) is 28.8 Å². The number of nitrogens with zero attached hydrogens (tertiary/aromatic N) is 6. The first-order valence-corrected chi connectivity index (χ1v) is 11.7. The molecule has 0 radical (unpaired) electrons. The molecule has 4 aromatic rings. The second kappa shape index (κ2) is 9.81. The van der Waals surface area contributed by atoms with Crippen molar-refractivity contribution in [1.82, 2.24) is 24.9 Å². The van der Waals surface area contributed by atoms with Crippen LogP contribution in [0.2, 0.25) is 5.02 Å². The van der Waals surface area contributed by atoms with Gasteiger partial charge in [-0.1, -0.05) is 54.1 Å². The molecule has 10 heteroatoms. The van der Waals surface area contributed by atoms with E-state index < -0.39 is 0 Å². The first-order valence-electron chi connectivity index (χ1n) is 10.5. The summed E-state index contributed by atoms with van der Waals surface area (Å²) in [5.74, 6) is 0.521. The normalized spacial score (nSPS) is 11.5. The van der Waals surface area contributed by atoms with Gasteiger partial charge in [-0.05, 0) is 37.4 Å². The van der Waals surface area contributed by atoms with Gasteiger partial charge in [0.25, 0.3) is 5.91 Å². The van der Waals surface area contributed by atoms with Gasteiger partial charge in [0, 0.05) is 13.1 Å². The molecule has 2 heterocycles. The first-order chi connectivity index (χ1) is 15.5. The van der Waals surface area contributed by atoms with Crippen molar-refractivity contribution in [2.24, 2.45) is 0 Å². The molecule has 0 atom stereocenters. The largest absolute Gasteiger partial charge is 0.494 e. The first kappa shape index (κ1) is 22.4. The molecule has 0 N–H and O–H groups in total. The molecule has 1 amide bonds. The Kier molecular flexibility index (Phi) is 6.88. The van der Waals surface area contributed by atoms with Crippen LogP contribution in [0.5, 0.6) is 5.75 Å². The van der Waals surface area contributed by atoms with Crippen molar-refractivity contribution in [1.29, 1.82) is 0 Å². The molecule has 0 aliphatic heterocycles. The Morgan fingerprint density at radius 3 is 2.69 bits per heavy atom. The van der Waals surface area contributed by atoms with E-state index in [1.807, 2.05) is 24.3 Å². The number of benzene rings is 2. The molecule has 0 saturated carbocycles. The van der Waals surface area contributed by atoms with Crippen LogP contribution in [0, 0.1) is 0 Å². The maximum absolute atomic E-state index is 13.5. The Morgan fingerprint density at radius 2 is 1.94 bits per heavy atom. The van der Waals surface area contributed by atoms with Gasteiger partial charge in [0.2, 0.25) is 0 Å². The monoisotopic (exact) mass is 472 g/mol. The summed E-state index contributed by atoms with van der Waals surface area (Å²) in [6, 6.07) is 11.2. The molecule has 168 valence electrons. The highest BCUT2D eigenvalue weighted by Crippen LogP contribution is 2.38. The molecular formula is C22H25ClN6O2S. The number of hydrogen-bond acceptors (Lipinski definition) is 7. The summed E-state index contributed by atoms with van der Waals surface area (Å²) in [4.78, 5) is 22.2. The fourth-order valence-electron chi connectivity index (χ4n) is 3.58. The molecule has 0 bridgehead atoms. The molecule has 0 spiro atoms. The molecule has 0 saturated heterocycles. The molecule has 2 aromatic heterocycles. The Labute approximate surface area is 195 Å². The number of aromatic nitrogens is 4. The van der Waals surface area contributed by atoms with Gasteiger partial charge < -0.3 is 9.64 Å². The fraction of sp³-hybridized carbons (Fsp3) is 0.364. The van der Waals surface area contributed by atoms with Crippen LogP contribution in [0.3, 0.4) is 0 Å². The smallest absolute Gasteiger partial charge is 0.250 e. The van der Waals surface area contributed by atoms with Gasteiger partial charge in [0.1, 0.15) is 23.3 Å². The van der Waals surface area contributed by atoms with Gasteiger partial charge >= 0.3 is 0 Å². The SMILES string of the molecule is CCN(CC)CCN(C(=O)Cn1nnc2ccccc21)c1nc2c(OC)ccc(Cl)c2s1. The van der Waals surface area contributed by atoms with Crippen molar-refractivity contribution in [3.63, 3.8) is 0 Å². The highest BCUT2D eigenvalue weighted by Gasteiger charge is 2.23. The Hall–Kier alpha value is -2.75. The lowest BCUT2D eigenvalue weighted by atomic mass is 10.3. The number of thiazole rings is 1. The molecule has 0 fully saturated rings. The summed E-state index contributed by atoms with van der Waals surface area (Å²) in [6.45, 7) is 7.35. The zero-order valence-corrected chi connectivity index (χ0v) is 19.9. The number of hydrogen-bond donors (Lipinski definition) is 0. The third-order valence-corrected chi connectivity index (χ3v) is 6.98. The van der Waals surface area contributed by atoms with Crippen LogP contribution in [0.1, 0.15) is 13.8 Å². The summed E-state index contributed by atoms with van der Waals surface area (Å²) in [5.41, 5.74) is 2.23. The van der Waals surface area contributed by atoms with Crippen molar-refractivity contribution in [2.45, 2.75) is 20.4 Å². The third kappa shape index (κ3) is 4.41. The maximum atomic E-state index is 13.5. The van der Waals surface area contributed by atoms with Gasteiger partial charge in [-0.2, -0.15) is 0 Å². The number of ether oxygens (including phenoxy) is 1. The number of likely N-dealkylation sites (N-methyl/N-ethyl adjacent to an activating group) is 1. The van der Waals surface area contributed by atoms with Gasteiger partial charge in [-0.3, -0.25) is 9.69 Å². The number of carbonyl (C=O) groups is 1. The molecule has 0 aliphatic rings. The van der Waals surface area contributed by atoms with Crippen LogP contribution in [0.25, 0.3) is 21.3 Å². The van der Waals surface area contributed by atoms with Crippen molar-refractivity contribution >= 4 is 55.2 Å². The fourth-order valence-corrected chi connectivity index (χ4v) is 4.88. The van der Waals surface area contributed by atoms with Crippen LogP contribution in [0.4, 0.5) is 5.13 Å². The molecule has 8 nitrogen and oxygen atoms in total. The van der Waals surface area contributed by atoms with Crippen LogP contribution >= 0.6 is 22.9 Å². The second-order valence-corrected chi connectivity index (χ2v) is 8.62. The van der Waals surface area contributed by atoms with E-state index in [0.29, 0.717) is 28.0 Å². The molecule has 4 rings (SSSR count). The molecular weight excluding hydrogens is 448 g/mol. The number of para-hydroxylation sites is 1. The minimum Gasteiger partial charge on any atom is -0.494 e. The minimum atomic E-state index is -0.109. The quantitative estimate of drug-likeness (QED) is 0.365. The summed E-state index contributed by atoms with van der Waals surface area (Å²) in [6.07, 6.45) is 0.